The van der Waals surface area contributed by atoms with Crippen LogP contribution in [0.5, 0.6) is 0 Å². The van der Waals surface area contributed by atoms with Gasteiger partial charge in [-0.3, -0.25) is 4.79 Å². The van der Waals surface area contributed by atoms with Crippen molar-refractivity contribution in [3.8, 4) is 11.3 Å². The van der Waals surface area contributed by atoms with Gasteiger partial charge in [0.05, 0.1) is 5.56 Å². The summed E-state index contributed by atoms with van der Waals surface area (Å²) >= 11 is 0. The van der Waals surface area contributed by atoms with Gasteiger partial charge in [-0.25, -0.2) is 0 Å². The zero-order valence-electron chi connectivity index (χ0n) is 12.7. The van der Waals surface area contributed by atoms with Crippen molar-refractivity contribution in [2.45, 2.75) is 13.8 Å². The maximum atomic E-state index is 12.5. The molecule has 0 bridgehead atoms. The quantitative estimate of drug-likeness (QED) is 0.730. The molecule has 0 unspecified atom stereocenters. The van der Waals surface area contributed by atoms with Crippen molar-refractivity contribution in [1.29, 1.82) is 0 Å². The highest BCUT2D eigenvalue weighted by Gasteiger charge is 2.14. The van der Waals surface area contributed by atoms with Crippen molar-refractivity contribution >= 4 is 11.6 Å². The van der Waals surface area contributed by atoms with Gasteiger partial charge in [0.1, 0.15) is 0 Å². The molecule has 0 spiro atoms. The summed E-state index contributed by atoms with van der Waals surface area (Å²) in [6, 6.07) is 19.7. The summed E-state index contributed by atoms with van der Waals surface area (Å²) in [6.07, 6.45) is 0. The number of para-hydroxylation sites is 1. The SMILES string of the molecule is Cc1ccccc1NC(=O)c1cc(-c2ccccc2)[nH]c1C. The fourth-order valence-corrected chi connectivity index (χ4v) is 2.47. The van der Waals surface area contributed by atoms with Gasteiger partial charge < -0.3 is 10.3 Å². The van der Waals surface area contributed by atoms with Gasteiger partial charge in [-0.2, -0.15) is 0 Å². The van der Waals surface area contributed by atoms with Crippen LogP contribution in [0.3, 0.4) is 0 Å². The van der Waals surface area contributed by atoms with Crippen molar-refractivity contribution in [2.24, 2.45) is 0 Å². The highest BCUT2D eigenvalue weighted by molar-refractivity contribution is 6.06. The fourth-order valence-electron chi connectivity index (χ4n) is 2.47. The third kappa shape index (κ3) is 2.79. The summed E-state index contributed by atoms with van der Waals surface area (Å²) in [5.74, 6) is -0.0924. The molecule has 0 saturated carbocycles. The second-order valence-corrected chi connectivity index (χ2v) is 5.36. The van der Waals surface area contributed by atoms with Crippen molar-refractivity contribution < 1.29 is 4.79 Å². The number of H-pyrrole nitrogens is 1. The minimum absolute atomic E-state index is 0.0924. The molecule has 2 N–H and O–H groups in total. The van der Waals surface area contributed by atoms with E-state index >= 15 is 0 Å². The molecule has 0 aliphatic rings. The maximum absolute atomic E-state index is 12.5. The minimum atomic E-state index is -0.0924. The number of hydrogen-bond acceptors (Lipinski definition) is 1. The molecule has 3 rings (SSSR count). The van der Waals surface area contributed by atoms with Crippen molar-refractivity contribution in [2.75, 3.05) is 5.32 Å². The number of carbonyl (C=O) groups is 1. The van der Waals surface area contributed by atoms with E-state index in [2.05, 4.69) is 10.3 Å². The largest absolute Gasteiger partial charge is 0.358 e. The summed E-state index contributed by atoms with van der Waals surface area (Å²) in [4.78, 5) is 15.8. The maximum Gasteiger partial charge on any atom is 0.257 e. The van der Waals surface area contributed by atoms with Crippen LogP contribution in [-0.2, 0) is 0 Å². The molecule has 0 aliphatic heterocycles. The van der Waals surface area contributed by atoms with Gasteiger partial charge in [0.2, 0.25) is 0 Å². The molecule has 2 aromatic carbocycles. The van der Waals surface area contributed by atoms with Gasteiger partial charge in [0, 0.05) is 17.1 Å². The Bertz CT molecular complexity index is 803. The van der Waals surface area contributed by atoms with Gasteiger partial charge in [0.25, 0.3) is 5.91 Å². The number of aromatic nitrogens is 1. The van der Waals surface area contributed by atoms with Gasteiger partial charge >= 0.3 is 0 Å². The average molecular weight is 290 g/mol. The van der Waals surface area contributed by atoms with Crippen LogP contribution in [0.25, 0.3) is 11.3 Å². The lowest BCUT2D eigenvalue weighted by molar-refractivity contribution is 0.102. The van der Waals surface area contributed by atoms with E-state index in [0.717, 1.165) is 28.2 Å². The van der Waals surface area contributed by atoms with Crippen molar-refractivity contribution in [3.05, 3.63) is 77.5 Å². The Morgan fingerprint density at radius 2 is 1.64 bits per heavy atom. The molecular formula is C19H18N2O. The number of rotatable bonds is 3. The average Bonchev–Trinajstić information content (AvgIpc) is 2.92. The lowest BCUT2D eigenvalue weighted by Crippen LogP contribution is -2.13. The molecule has 0 radical (unpaired) electrons. The summed E-state index contributed by atoms with van der Waals surface area (Å²) in [6.45, 7) is 3.90. The molecular weight excluding hydrogens is 272 g/mol. The highest BCUT2D eigenvalue weighted by atomic mass is 16.1. The van der Waals surface area contributed by atoms with Crippen LogP contribution in [-0.4, -0.2) is 10.9 Å². The van der Waals surface area contributed by atoms with Gasteiger partial charge in [-0.05, 0) is 37.1 Å². The topological polar surface area (TPSA) is 44.9 Å². The first kappa shape index (κ1) is 14.1. The van der Waals surface area contributed by atoms with Crippen LogP contribution in [0, 0.1) is 13.8 Å². The predicted octanol–water partition coefficient (Wildman–Crippen LogP) is 4.55. The first-order valence-electron chi connectivity index (χ1n) is 7.27. The van der Waals surface area contributed by atoms with E-state index in [4.69, 9.17) is 0 Å². The molecule has 0 aliphatic carbocycles. The van der Waals surface area contributed by atoms with E-state index in [1.807, 2.05) is 74.5 Å². The summed E-state index contributed by atoms with van der Waals surface area (Å²) in [5.41, 5.74) is 5.45. The van der Waals surface area contributed by atoms with Gasteiger partial charge in [-0.15, -0.1) is 0 Å². The normalized spacial score (nSPS) is 10.5. The lowest BCUT2D eigenvalue weighted by atomic mass is 10.1. The molecule has 3 nitrogen and oxygen atoms in total. The summed E-state index contributed by atoms with van der Waals surface area (Å²) < 4.78 is 0. The van der Waals surface area contributed by atoms with E-state index in [-0.39, 0.29) is 5.91 Å². The number of aryl methyl sites for hydroxylation is 2. The van der Waals surface area contributed by atoms with E-state index in [9.17, 15) is 4.79 Å². The zero-order valence-corrected chi connectivity index (χ0v) is 12.7. The Balaban J connectivity index is 1.88. The van der Waals surface area contributed by atoms with Crippen LogP contribution in [0.15, 0.2) is 60.7 Å². The highest BCUT2D eigenvalue weighted by Crippen LogP contribution is 2.23. The third-order valence-corrected chi connectivity index (χ3v) is 3.74. The van der Waals surface area contributed by atoms with Crippen LogP contribution >= 0.6 is 0 Å². The second kappa shape index (κ2) is 5.90. The smallest absolute Gasteiger partial charge is 0.257 e. The first-order valence-corrected chi connectivity index (χ1v) is 7.27. The standard InChI is InChI=1S/C19H18N2O/c1-13-8-6-7-11-17(13)21-19(22)16-12-18(20-14(16)2)15-9-4-3-5-10-15/h3-12,20H,1-2H3,(H,21,22). The molecule has 0 fully saturated rings. The number of anilines is 1. The number of aromatic amines is 1. The zero-order chi connectivity index (χ0) is 15.5. The number of hydrogen-bond donors (Lipinski definition) is 2. The summed E-state index contributed by atoms with van der Waals surface area (Å²) in [7, 11) is 0. The van der Waals surface area contributed by atoms with Crippen LogP contribution in [0.1, 0.15) is 21.6 Å². The minimum Gasteiger partial charge on any atom is -0.358 e. The molecule has 1 aromatic heterocycles. The van der Waals surface area contributed by atoms with Crippen molar-refractivity contribution in [3.63, 3.8) is 0 Å². The molecule has 0 atom stereocenters. The number of nitrogens with one attached hydrogen (secondary N) is 2. The Kier molecular flexibility index (Phi) is 3.79. The monoisotopic (exact) mass is 290 g/mol. The van der Waals surface area contributed by atoms with Crippen molar-refractivity contribution in [1.82, 2.24) is 4.98 Å². The number of carbonyl (C=O) groups excluding carboxylic acids is 1. The third-order valence-electron chi connectivity index (χ3n) is 3.74. The van der Waals surface area contributed by atoms with Gasteiger partial charge in [-0.1, -0.05) is 48.5 Å². The molecule has 0 saturated heterocycles. The predicted molar refractivity (Wildman–Crippen MR) is 90.1 cm³/mol. The molecule has 3 heteroatoms. The lowest BCUT2D eigenvalue weighted by Gasteiger charge is -2.07. The molecule has 1 amide bonds. The van der Waals surface area contributed by atoms with Crippen LogP contribution in [0.2, 0.25) is 0 Å². The first-order chi connectivity index (χ1) is 10.6. The molecule has 110 valence electrons. The van der Waals surface area contributed by atoms with Gasteiger partial charge in [0.15, 0.2) is 0 Å². The van der Waals surface area contributed by atoms with E-state index in [1.165, 1.54) is 0 Å². The summed E-state index contributed by atoms with van der Waals surface area (Å²) in [5, 5.41) is 2.97. The van der Waals surface area contributed by atoms with Crippen LogP contribution in [0.4, 0.5) is 5.69 Å². The van der Waals surface area contributed by atoms with E-state index in [0.29, 0.717) is 5.56 Å². The molecule has 3 aromatic rings. The fraction of sp³-hybridized carbons (Fsp3) is 0.105. The second-order valence-electron chi connectivity index (χ2n) is 5.36. The molecule has 22 heavy (non-hydrogen) atoms. The van der Waals surface area contributed by atoms with Crippen LogP contribution < -0.4 is 5.32 Å². The van der Waals surface area contributed by atoms with E-state index in [1.54, 1.807) is 0 Å². The number of amides is 1. The Hall–Kier alpha value is -2.81. The Morgan fingerprint density at radius 3 is 2.36 bits per heavy atom. The number of benzene rings is 2. The van der Waals surface area contributed by atoms with E-state index < -0.39 is 0 Å². The Labute approximate surface area is 130 Å². The molecule has 1 heterocycles. The Morgan fingerprint density at radius 1 is 0.955 bits per heavy atom.